The minimum absolute atomic E-state index is 0.250. The second-order valence-corrected chi connectivity index (χ2v) is 15.4. The zero-order valence-corrected chi connectivity index (χ0v) is 48.4. The fraction of sp³-hybridized carbons (Fsp3) is 0.382. The number of benzene rings is 7. The van der Waals surface area contributed by atoms with E-state index in [0.29, 0.717) is 0 Å². The second-order valence-electron chi connectivity index (χ2n) is 15.4. The van der Waals surface area contributed by atoms with Crippen molar-refractivity contribution in [3.63, 3.8) is 0 Å². The van der Waals surface area contributed by atoms with Gasteiger partial charge in [-0.3, -0.25) is 0 Å². The minimum Gasteiger partial charge on any atom is -0.457 e. The largest absolute Gasteiger partial charge is 0.457 e. The third kappa shape index (κ3) is 25.6. The van der Waals surface area contributed by atoms with E-state index in [-0.39, 0.29) is 5.41 Å². The number of hydrogen-bond donors (Lipinski definition) is 0. The van der Waals surface area contributed by atoms with Crippen molar-refractivity contribution in [3.05, 3.63) is 214 Å². The SMILES string of the molecule is CC.CC.CC.CC.CC.CC.CC.Cc1ccc(C2(c3ccc(C)cc3)CCCCC2)cc1.Cc1ccc(Oc2ccc(C)cc2)cc1.Cc1ccc(Oc2ccc(Oc3ccc(C)cc3)cc2)cc1. The number of ether oxygens (including phenoxy) is 3. The Morgan fingerprint density at radius 3 is 0.563 bits per heavy atom. The lowest BCUT2D eigenvalue weighted by atomic mass is 9.65. The Kier molecular flexibility index (Phi) is 39.4. The van der Waals surface area contributed by atoms with Gasteiger partial charge < -0.3 is 14.2 Å². The minimum atomic E-state index is 0.250. The quantitative estimate of drug-likeness (QED) is 0.152. The lowest BCUT2D eigenvalue weighted by Gasteiger charge is -2.38. The summed E-state index contributed by atoms with van der Waals surface area (Å²) in [5.74, 6) is 5.00. The van der Waals surface area contributed by atoms with E-state index < -0.39 is 0 Å². The van der Waals surface area contributed by atoms with Crippen LogP contribution in [0.15, 0.2) is 170 Å². The van der Waals surface area contributed by atoms with E-state index >= 15 is 0 Å². The Labute approximate surface area is 437 Å². The van der Waals surface area contributed by atoms with Crippen molar-refractivity contribution < 1.29 is 14.2 Å². The van der Waals surface area contributed by atoms with E-state index in [4.69, 9.17) is 14.2 Å². The molecule has 1 saturated carbocycles. The molecule has 0 heterocycles. The van der Waals surface area contributed by atoms with E-state index in [2.05, 4.69) is 90.1 Å². The summed E-state index contributed by atoms with van der Waals surface area (Å²) in [6, 6.07) is 58.2. The summed E-state index contributed by atoms with van der Waals surface area (Å²) in [6.07, 6.45) is 6.67. The third-order valence-electron chi connectivity index (χ3n) is 10.5. The van der Waals surface area contributed by atoms with Crippen LogP contribution in [0.2, 0.25) is 0 Å². The van der Waals surface area contributed by atoms with Crippen LogP contribution < -0.4 is 14.2 Å². The fourth-order valence-corrected chi connectivity index (χ4v) is 7.05. The van der Waals surface area contributed by atoms with Gasteiger partial charge in [0, 0.05) is 5.41 Å². The maximum absolute atomic E-state index is 5.80. The van der Waals surface area contributed by atoms with Gasteiger partial charge in [-0.2, -0.15) is 0 Å². The summed E-state index contributed by atoms with van der Waals surface area (Å²) >= 11 is 0. The summed E-state index contributed by atoms with van der Waals surface area (Å²) in [7, 11) is 0. The molecule has 7 aromatic rings. The van der Waals surface area contributed by atoms with E-state index in [9.17, 15) is 0 Å². The Morgan fingerprint density at radius 2 is 0.380 bits per heavy atom. The molecule has 0 spiro atoms. The lowest BCUT2D eigenvalue weighted by Crippen LogP contribution is -2.30. The van der Waals surface area contributed by atoms with Crippen molar-refractivity contribution in [1.29, 1.82) is 0 Å². The normalized spacial score (nSPS) is 10.9. The topological polar surface area (TPSA) is 27.7 Å². The zero-order valence-electron chi connectivity index (χ0n) is 48.4. The molecule has 3 heteroatoms. The van der Waals surface area contributed by atoms with Crippen LogP contribution in [0, 0.1) is 41.5 Å². The molecule has 0 aliphatic heterocycles. The predicted octanol–water partition coefficient (Wildman–Crippen LogP) is 22.7. The maximum Gasteiger partial charge on any atom is 0.127 e. The van der Waals surface area contributed by atoms with Gasteiger partial charge >= 0.3 is 0 Å². The Hall–Kier alpha value is -6.06. The molecule has 0 bridgehead atoms. The molecule has 1 fully saturated rings. The predicted molar refractivity (Wildman–Crippen MR) is 317 cm³/mol. The van der Waals surface area contributed by atoms with Gasteiger partial charge in [-0.05, 0) is 138 Å². The summed E-state index contributed by atoms with van der Waals surface area (Å²) in [6.45, 7) is 40.6. The van der Waals surface area contributed by atoms with Crippen molar-refractivity contribution in [2.24, 2.45) is 0 Å². The third-order valence-corrected chi connectivity index (χ3v) is 10.5. The molecule has 0 amide bonds. The number of aryl methyl sites for hydroxylation is 6. The molecular formula is C68H98O3. The summed E-state index contributed by atoms with van der Waals surface area (Å²) in [4.78, 5) is 0. The monoisotopic (exact) mass is 963 g/mol. The molecular weight excluding hydrogens is 865 g/mol. The molecule has 0 aromatic heterocycles. The first-order valence-corrected chi connectivity index (χ1v) is 27.2. The lowest BCUT2D eigenvalue weighted by molar-refractivity contribution is 0.346. The Balaban J connectivity index is 0. The average molecular weight is 964 g/mol. The van der Waals surface area contributed by atoms with Crippen molar-refractivity contribution in [1.82, 2.24) is 0 Å². The zero-order chi connectivity index (χ0) is 54.0. The smallest absolute Gasteiger partial charge is 0.127 e. The molecule has 0 N–H and O–H groups in total. The summed E-state index contributed by atoms with van der Waals surface area (Å²) < 4.78 is 17.3. The molecule has 0 unspecified atom stereocenters. The van der Waals surface area contributed by atoms with Crippen molar-refractivity contribution >= 4 is 0 Å². The van der Waals surface area contributed by atoms with Crippen molar-refractivity contribution in [2.45, 2.75) is 176 Å². The van der Waals surface area contributed by atoms with Gasteiger partial charge in [0.25, 0.3) is 0 Å². The van der Waals surface area contributed by atoms with Crippen LogP contribution in [0.1, 0.15) is 174 Å². The van der Waals surface area contributed by atoms with Crippen LogP contribution >= 0.6 is 0 Å². The second kappa shape index (κ2) is 41.7. The van der Waals surface area contributed by atoms with Crippen molar-refractivity contribution in [3.8, 4) is 34.5 Å². The van der Waals surface area contributed by atoms with E-state index in [1.54, 1.807) is 0 Å². The highest BCUT2D eigenvalue weighted by Crippen LogP contribution is 2.45. The first-order valence-electron chi connectivity index (χ1n) is 27.2. The molecule has 3 nitrogen and oxygen atoms in total. The molecule has 0 radical (unpaired) electrons. The Bertz CT molecular complexity index is 2070. The van der Waals surface area contributed by atoms with Gasteiger partial charge in [-0.1, -0.05) is 247 Å². The van der Waals surface area contributed by atoms with E-state index in [1.165, 1.54) is 76.6 Å². The van der Waals surface area contributed by atoms with Crippen LogP contribution in [0.3, 0.4) is 0 Å². The fourth-order valence-electron chi connectivity index (χ4n) is 7.05. The average Bonchev–Trinajstić information content (AvgIpc) is 3.44. The molecule has 0 atom stereocenters. The van der Waals surface area contributed by atoms with E-state index in [1.807, 2.05) is 218 Å². The molecule has 7 aromatic carbocycles. The molecule has 1 aliphatic rings. The maximum atomic E-state index is 5.80. The molecule has 0 saturated heterocycles. The first-order chi connectivity index (χ1) is 34.6. The van der Waals surface area contributed by atoms with Gasteiger partial charge in [0.15, 0.2) is 0 Å². The van der Waals surface area contributed by atoms with Gasteiger partial charge in [-0.15, -0.1) is 0 Å². The van der Waals surface area contributed by atoms with Gasteiger partial charge in [0.1, 0.15) is 34.5 Å². The highest BCUT2D eigenvalue weighted by molar-refractivity contribution is 5.42. The highest BCUT2D eigenvalue weighted by atomic mass is 16.5. The van der Waals surface area contributed by atoms with Crippen LogP contribution in [0.25, 0.3) is 0 Å². The summed E-state index contributed by atoms with van der Waals surface area (Å²) in [5.41, 5.74) is 10.9. The van der Waals surface area contributed by atoms with Gasteiger partial charge in [-0.25, -0.2) is 0 Å². The van der Waals surface area contributed by atoms with Crippen LogP contribution in [-0.4, -0.2) is 0 Å². The van der Waals surface area contributed by atoms with Crippen LogP contribution in [0.5, 0.6) is 34.5 Å². The number of rotatable bonds is 8. The number of hydrogen-bond acceptors (Lipinski definition) is 3. The summed E-state index contributed by atoms with van der Waals surface area (Å²) in [5, 5.41) is 0. The van der Waals surface area contributed by atoms with Crippen LogP contribution in [0.4, 0.5) is 0 Å². The first kappa shape index (κ1) is 67.0. The highest BCUT2D eigenvalue weighted by Gasteiger charge is 2.35. The molecule has 71 heavy (non-hydrogen) atoms. The van der Waals surface area contributed by atoms with Gasteiger partial charge in [0.2, 0.25) is 0 Å². The van der Waals surface area contributed by atoms with Gasteiger partial charge in [0.05, 0.1) is 0 Å². The molecule has 388 valence electrons. The molecule has 8 rings (SSSR count). The van der Waals surface area contributed by atoms with Crippen LogP contribution in [-0.2, 0) is 5.41 Å². The molecule has 1 aliphatic carbocycles. The van der Waals surface area contributed by atoms with Crippen molar-refractivity contribution in [2.75, 3.05) is 0 Å². The Morgan fingerprint density at radius 1 is 0.225 bits per heavy atom. The standard InChI is InChI=1S/C20H18O2.C20H24.C14H14O.7C2H6/c1-15-3-7-17(8-4-15)21-19-11-13-20(14-12-19)22-18-9-5-16(2)6-10-18;1-16-6-10-18(11-7-16)20(14-4-3-5-15-20)19-12-8-17(2)9-13-19;1-11-3-7-13(8-4-11)15-14-9-5-12(2)6-10-14;7*1-2/h3-14H,1-2H3;6-13H,3-5,14-15H2,1-2H3;3-10H,1-2H3;7*1-2H3. The van der Waals surface area contributed by atoms with E-state index in [0.717, 1.165) is 34.5 Å².